The molecule has 1 aromatic heterocycles. The number of hydrogen-bond donors (Lipinski definition) is 3. The number of rotatable bonds is 4. The van der Waals surface area contributed by atoms with E-state index >= 15 is 0 Å². The highest BCUT2D eigenvalue weighted by Crippen LogP contribution is 2.03. The SMILES string of the molecule is NCC#Cc1ccc(C(=O)NCCc2ncc[nH]2)cc1. The molecule has 2 rings (SSSR count). The average molecular weight is 268 g/mol. The number of nitrogens with zero attached hydrogens (tertiary/aromatic N) is 1. The molecule has 0 unspecified atom stereocenters. The van der Waals surface area contributed by atoms with Crippen molar-refractivity contribution in [3.63, 3.8) is 0 Å². The van der Waals surface area contributed by atoms with Crippen molar-refractivity contribution in [2.45, 2.75) is 6.42 Å². The molecule has 1 amide bonds. The van der Waals surface area contributed by atoms with E-state index in [2.05, 4.69) is 27.1 Å². The van der Waals surface area contributed by atoms with Gasteiger partial charge in [-0.1, -0.05) is 11.8 Å². The number of imidazole rings is 1. The van der Waals surface area contributed by atoms with Crippen molar-refractivity contribution in [1.29, 1.82) is 0 Å². The van der Waals surface area contributed by atoms with Gasteiger partial charge in [-0.15, -0.1) is 0 Å². The number of hydrogen-bond acceptors (Lipinski definition) is 3. The van der Waals surface area contributed by atoms with Crippen LogP contribution in [-0.4, -0.2) is 29.0 Å². The maximum absolute atomic E-state index is 11.9. The van der Waals surface area contributed by atoms with Crippen molar-refractivity contribution >= 4 is 5.91 Å². The number of carbonyl (C=O) groups excluding carboxylic acids is 1. The molecule has 0 spiro atoms. The molecule has 5 heteroatoms. The molecule has 102 valence electrons. The number of amides is 1. The first kappa shape index (κ1) is 13.8. The van der Waals surface area contributed by atoms with Crippen LogP contribution in [0.4, 0.5) is 0 Å². The lowest BCUT2D eigenvalue weighted by molar-refractivity contribution is 0.0954. The third-order valence-electron chi connectivity index (χ3n) is 2.68. The van der Waals surface area contributed by atoms with Gasteiger partial charge >= 0.3 is 0 Å². The summed E-state index contributed by atoms with van der Waals surface area (Å²) in [7, 11) is 0. The fraction of sp³-hybridized carbons (Fsp3) is 0.200. The standard InChI is InChI=1S/C15H16N4O/c16-8-1-2-12-3-5-13(6-4-12)15(20)19-9-7-14-17-10-11-18-14/h3-6,10-11H,7-9,16H2,(H,17,18)(H,19,20). The summed E-state index contributed by atoms with van der Waals surface area (Å²) >= 11 is 0. The first-order valence-electron chi connectivity index (χ1n) is 6.35. The topological polar surface area (TPSA) is 83.8 Å². The summed E-state index contributed by atoms with van der Waals surface area (Å²) in [5.74, 6) is 6.44. The van der Waals surface area contributed by atoms with Crippen molar-refractivity contribution < 1.29 is 4.79 Å². The molecule has 20 heavy (non-hydrogen) atoms. The number of aromatic nitrogens is 2. The molecular weight excluding hydrogens is 252 g/mol. The minimum Gasteiger partial charge on any atom is -0.352 e. The lowest BCUT2D eigenvalue weighted by atomic mass is 10.1. The molecule has 0 saturated carbocycles. The van der Waals surface area contributed by atoms with E-state index in [0.717, 1.165) is 11.4 Å². The minimum atomic E-state index is -0.102. The average Bonchev–Trinajstić information content (AvgIpc) is 2.99. The molecule has 1 heterocycles. The summed E-state index contributed by atoms with van der Waals surface area (Å²) in [5.41, 5.74) is 6.77. The van der Waals surface area contributed by atoms with E-state index in [0.29, 0.717) is 25.1 Å². The monoisotopic (exact) mass is 268 g/mol. The van der Waals surface area contributed by atoms with Gasteiger partial charge in [-0.2, -0.15) is 0 Å². The number of benzene rings is 1. The first-order chi connectivity index (χ1) is 9.79. The highest BCUT2D eigenvalue weighted by Gasteiger charge is 2.04. The molecule has 0 fully saturated rings. The number of H-pyrrole nitrogens is 1. The van der Waals surface area contributed by atoms with Crippen molar-refractivity contribution in [3.05, 3.63) is 53.6 Å². The number of aromatic amines is 1. The fourth-order valence-electron chi connectivity index (χ4n) is 1.69. The van der Waals surface area contributed by atoms with Gasteiger partial charge in [0.25, 0.3) is 5.91 Å². The number of nitrogens with two attached hydrogens (primary N) is 1. The van der Waals surface area contributed by atoms with Gasteiger partial charge in [0.2, 0.25) is 0 Å². The zero-order valence-corrected chi connectivity index (χ0v) is 11.0. The second-order valence-electron chi connectivity index (χ2n) is 4.13. The van der Waals surface area contributed by atoms with Crippen LogP contribution in [0.2, 0.25) is 0 Å². The molecule has 0 bridgehead atoms. The maximum Gasteiger partial charge on any atom is 0.251 e. The van der Waals surface area contributed by atoms with Crippen LogP contribution >= 0.6 is 0 Å². The Kier molecular flexibility index (Phi) is 4.93. The first-order valence-corrected chi connectivity index (χ1v) is 6.35. The Balaban J connectivity index is 1.85. The molecule has 0 aliphatic rings. The third-order valence-corrected chi connectivity index (χ3v) is 2.68. The van der Waals surface area contributed by atoms with Gasteiger partial charge in [-0.3, -0.25) is 4.79 Å². The molecule has 0 saturated heterocycles. The maximum atomic E-state index is 11.9. The van der Waals surface area contributed by atoms with Gasteiger partial charge in [0.15, 0.2) is 0 Å². The second kappa shape index (κ2) is 7.12. The lowest BCUT2D eigenvalue weighted by Crippen LogP contribution is -2.25. The Morgan fingerprint density at radius 2 is 2.15 bits per heavy atom. The van der Waals surface area contributed by atoms with Gasteiger partial charge in [0.05, 0.1) is 6.54 Å². The van der Waals surface area contributed by atoms with Gasteiger partial charge < -0.3 is 16.0 Å². The molecule has 5 nitrogen and oxygen atoms in total. The normalized spacial score (nSPS) is 9.65. The summed E-state index contributed by atoms with van der Waals surface area (Å²) < 4.78 is 0. The van der Waals surface area contributed by atoms with E-state index in [1.165, 1.54) is 0 Å². The Bertz CT molecular complexity index is 606. The van der Waals surface area contributed by atoms with Crippen LogP contribution in [0.5, 0.6) is 0 Å². The third kappa shape index (κ3) is 3.97. The molecular formula is C15H16N4O. The smallest absolute Gasteiger partial charge is 0.251 e. The summed E-state index contributed by atoms with van der Waals surface area (Å²) in [4.78, 5) is 19.0. The Morgan fingerprint density at radius 3 is 2.80 bits per heavy atom. The zero-order valence-electron chi connectivity index (χ0n) is 11.0. The van der Waals surface area contributed by atoms with Crippen molar-refractivity contribution in [3.8, 4) is 11.8 Å². The highest BCUT2D eigenvalue weighted by atomic mass is 16.1. The number of carbonyl (C=O) groups is 1. The summed E-state index contributed by atoms with van der Waals surface area (Å²) in [5, 5.41) is 2.84. The van der Waals surface area contributed by atoms with Crippen LogP contribution in [0.3, 0.4) is 0 Å². The quantitative estimate of drug-likeness (QED) is 0.713. The molecule has 0 aliphatic heterocycles. The zero-order chi connectivity index (χ0) is 14.2. The van der Waals surface area contributed by atoms with E-state index in [1.54, 1.807) is 24.5 Å². The molecule has 1 aromatic carbocycles. The molecule has 2 aromatic rings. The molecule has 0 atom stereocenters. The van der Waals surface area contributed by atoms with Crippen molar-refractivity contribution in [1.82, 2.24) is 15.3 Å². The highest BCUT2D eigenvalue weighted by molar-refractivity contribution is 5.94. The van der Waals surface area contributed by atoms with Crippen LogP contribution in [-0.2, 0) is 6.42 Å². The van der Waals surface area contributed by atoms with E-state index in [4.69, 9.17) is 5.73 Å². The molecule has 0 radical (unpaired) electrons. The Hall–Kier alpha value is -2.58. The van der Waals surface area contributed by atoms with Crippen LogP contribution in [0, 0.1) is 11.8 Å². The predicted molar refractivity (Wildman–Crippen MR) is 77.0 cm³/mol. The summed E-state index contributed by atoms with van der Waals surface area (Å²) in [6, 6.07) is 7.12. The van der Waals surface area contributed by atoms with Crippen LogP contribution in [0.25, 0.3) is 0 Å². The lowest BCUT2D eigenvalue weighted by Gasteiger charge is -2.04. The minimum absolute atomic E-state index is 0.102. The fourth-order valence-corrected chi connectivity index (χ4v) is 1.69. The summed E-state index contributed by atoms with van der Waals surface area (Å²) in [6.07, 6.45) is 4.13. The van der Waals surface area contributed by atoms with Crippen LogP contribution in [0.1, 0.15) is 21.7 Å². The van der Waals surface area contributed by atoms with E-state index in [1.807, 2.05) is 12.1 Å². The molecule has 4 N–H and O–H groups in total. The van der Waals surface area contributed by atoms with E-state index < -0.39 is 0 Å². The van der Waals surface area contributed by atoms with Crippen LogP contribution in [0.15, 0.2) is 36.7 Å². The molecule has 0 aliphatic carbocycles. The Labute approximate surface area is 117 Å². The van der Waals surface area contributed by atoms with E-state index in [9.17, 15) is 4.79 Å². The van der Waals surface area contributed by atoms with Crippen molar-refractivity contribution in [2.75, 3.05) is 13.1 Å². The van der Waals surface area contributed by atoms with Gasteiger partial charge in [-0.05, 0) is 24.3 Å². The Morgan fingerprint density at radius 1 is 1.35 bits per heavy atom. The largest absolute Gasteiger partial charge is 0.352 e. The second-order valence-corrected chi connectivity index (χ2v) is 4.13. The van der Waals surface area contributed by atoms with E-state index in [-0.39, 0.29) is 5.91 Å². The predicted octanol–water partition coefficient (Wildman–Crippen LogP) is 0.692. The van der Waals surface area contributed by atoms with Crippen molar-refractivity contribution in [2.24, 2.45) is 5.73 Å². The number of nitrogens with one attached hydrogen (secondary N) is 2. The summed E-state index contributed by atoms with van der Waals surface area (Å²) in [6.45, 7) is 0.871. The van der Waals surface area contributed by atoms with Gasteiger partial charge in [0, 0.05) is 36.5 Å². The van der Waals surface area contributed by atoms with Gasteiger partial charge in [0.1, 0.15) is 5.82 Å². The van der Waals surface area contributed by atoms with Gasteiger partial charge in [-0.25, -0.2) is 4.98 Å². The van der Waals surface area contributed by atoms with Crippen LogP contribution < -0.4 is 11.1 Å².